The molecule has 0 bridgehead atoms. The highest BCUT2D eigenvalue weighted by Gasteiger charge is 2.31. The van der Waals surface area contributed by atoms with Crippen LogP contribution in [0, 0.1) is 11.6 Å². The minimum Gasteiger partial charge on any atom is -0.317 e. The normalized spacial score (nSPS) is 15.7. The van der Waals surface area contributed by atoms with Crippen molar-refractivity contribution in [3.05, 3.63) is 70.2 Å². The summed E-state index contributed by atoms with van der Waals surface area (Å²) >= 11 is 1.08. The largest absolute Gasteiger partial charge is 0.317 e. The van der Waals surface area contributed by atoms with Crippen molar-refractivity contribution in [2.45, 2.75) is 23.7 Å². The maximum Gasteiger partial charge on any atom is 0.286 e. The lowest BCUT2D eigenvalue weighted by Gasteiger charge is -2.30. The molecule has 1 aliphatic rings. The number of amides is 1. The minimum atomic E-state index is -3.54. The quantitative estimate of drug-likeness (QED) is 0.623. The Hall–Kier alpha value is -2.76. The Kier molecular flexibility index (Phi) is 6.08. The van der Waals surface area contributed by atoms with Crippen molar-refractivity contribution in [1.29, 1.82) is 0 Å². The molecule has 1 N–H and O–H groups in total. The van der Waals surface area contributed by atoms with Gasteiger partial charge in [-0.25, -0.2) is 17.2 Å². The number of halogens is 2. The lowest BCUT2D eigenvalue weighted by molar-refractivity contribution is 0.102. The molecule has 1 aliphatic heterocycles. The van der Waals surface area contributed by atoms with Gasteiger partial charge in [0, 0.05) is 25.1 Å². The molecule has 2 heterocycles. The summed E-state index contributed by atoms with van der Waals surface area (Å²) in [6.07, 6.45) is 1.10. The van der Waals surface area contributed by atoms with E-state index in [9.17, 15) is 22.0 Å². The fraction of sp³-hybridized carbons (Fsp3) is 0.250. The maximum absolute atomic E-state index is 13.7. The van der Waals surface area contributed by atoms with Gasteiger partial charge in [0.1, 0.15) is 16.6 Å². The summed E-state index contributed by atoms with van der Waals surface area (Å²) in [6.45, 7) is 0.674. The SMILES string of the molecule is O=C(Nc1ccc(F)cc1F)c1nnc(C2CCN(S(=O)(=O)c3ccccc3)CC2)s1. The van der Waals surface area contributed by atoms with Crippen LogP contribution in [0.1, 0.15) is 33.6 Å². The molecule has 0 spiro atoms. The molecular weight excluding hydrogens is 446 g/mol. The van der Waals surface area contributed by atoms with Crippen LogP contribution in [0.25, 0.3) is 0 Å². The Morgan fingerprint density at radius 2 is 1.77 bits per heavy atom. The zero-order chi connectivity index (χ0) is 22.0. The predicted molar refractivity (Wildman–Crippen MR) is 111 cm³/mol. The van der Waals surface area contributed by atoms with E-state index < -0.39 is 27.6 Å². The van der Waals surface area contributed by atoms with Crippen molar-refractivity contribution in [3.63, 3.8) is 0 Å². The van der Waals surface area contributed by atoms with Crippen LogP contribution < -0.4 is 5.32 Å². The van der Waals surface area contributed by atoms with Crippen LogP contribution in [0.3, 0.4) is 0 Å². The number of nitrogens with one attached hydrogen (secondary N) is 1. The van der Waals surface area contributed by atoms with E-state index >= 15 is 0 Å². The average molecular weight is 465 g/mol. The summed E-state index contributed by atoms with van der Waals surface area (Å²) in [5.74, 6) is -2.29. The fourth-order valence-corrected chi connectivity index (χ4v) is 5.74. The molecule has 11 heteroatoms. The smallest absolute Gasteiger partial charge is 0.286 e. The van der Waals surface area contributed by atoms with E-state index in [1.807, 2.05) is 0 Å². The molecule has 7 nitrogen and oxygen atoms in total. The summed E-state index contributed by atoms with van der Waals surface area (Å²) < 4.78 is 53.7. The van der Waals surface area contributed by atoms with Gasteiger partial charge in [0.05, 0.1) is 10.6 Å². The number of rotatable bonds is 5. The molecule has 1 aromatic heterocycles. The van der Waals surface area contributed by atoms with Crippen LogP contribution in [-0.2, 0) is 10.0 Å². The van der Waals surface area contributed by atoms with E-state index in [4.69, 9.17) is 0 Å². The highest BCUT2D eigenvalue weighted by molar-refractivity contribution is 7.89. The third-order valence-electron chi connectivity index (χ3n) is 5.00. The van der Waals surface area contributed by atoms with E-state index in [1.54, 1.807) is 30.3 Å². The molecule has 0 aliphatic carbocycles. The molecule has 0 atom stereocenters. The van der Waals surface area contributed by atoms with Gasteiger partial charge in [-0.05, 0) is 37.1 Å². The van der Waals surface area contributed by atoms with Crippen molar-refractivity contribution in [3.8, 4) is 0 Å². The highest BCUT2D eigenvalue weighted by atomic mass is 32.2. The van der Waals surface area contributed by atoms with Crippen LogP contribution >= 0.6 is 11.3 Å². The fourth-order valence-electron chi connectivity index (χ4n) is 3.34. The standard InChI is InChI=1S/C20H18F2N4O3S2/c21-14-6-7-17(16(22)12-14)23-18(27)20-25-24-19(30-20)13-8-10-26(11-9-13)31(28,29)15-4-2-1-3-5-15/h1-7,12-13H,8-11H2,(H,23,27). The second-order valence-electron chi connectivity index (χ2n) is 7.02. The number of benzene rings is 2. The second-order valence-corrected chi connectivity index (χ2v) is 9.96. The van der Waals surface area contributed by atoms with Crippen LogP contribution in [0.2, 0.25) is 0 Å². The molecule has 1 amide bonds. The van der Waals surface area contributed by atoms with E-state index in [0.717, 1.165) is 23.5 Å². The molecule has 31 heavy (non-hydrogen) atoms. The Morgan fingerprint density at radius 3 is 2.45 bits per heavy atom. The van der Waals surface area contributed by atoms with Crippen LogP contribution in [0.5, 0.6) is 0 Å². The Morgan fingerprint density at radius 1 is 1.06 bits per heavy atom. The van der Waals surface area contributed by atoms with Gasteiger partial charge in [0.25, 0.3) is 5.91 Å². The third kappa shape index (κ3) is 4.63. The monoisotopic (exact) mass is 464 g/mol. The first-order valence-electron chi connectivity index (χ1n) is 9.49. The van der Waals surface area contributed by atoms with Crippen molar-refractivity contribution in [1.82, 2.24) is 14.5 Å². The number of hydrogen-bond acceptors (Lipinski definition) is 6. The summed E-state index contributed by atoms with van der Waals surface area (Å²) in [6, 6.07) is 11.1. The number of anilines is 1. The number of hydrogen-bond donors (Lipinski definition) is 1. The van der Waals surface area contributed by atoms with Crippen LogP contribution in [-0.4, -0.2) is 41.9 Å². The van der Waals surface area contributed by atoms with Crippen molar-refractivity contribution in [2.24, 2.45) is 0 Å². The number of aromatic nitrogens is 2. The Labute approximate surface area is 181 Å². The molecule has 3 aromatic rings. The lowest BCUT2D eigenvalue weighted by atomic mass is 9.99. The van der Waals surface area contributed by atoms with Gasteiger partial charge in [0.2, 0.25) is 15.0 Å². The van der Waals surface area contributed by atoms with E-state index in [0.29, 0.717) is 37.0 Å². The number of sulfonamides is 1. The van der Waals surface area contributed by atoms with Gasteiger partial charge in [-0.3, -0.25) is 4.79 Å². The zero-order valence-corrected chi connectivity index (χ0v) is 17.8. The molecule has 2 aromatic carbocycles. The van der Waals surface area contributed by atoms with Gasteiger partial charge in [-0.2, -0.15) is 4.31 Å². The summed E-state index contributed by atoms with van der Waals surface area (Å²) in [5, 5.41) is 11.0. The zero-order valence-electron chi connectivity index (χ0n) is 16.2. The van der Waals surface area contributed by atoms with Gasteiger partial charge in [-0.1, -0.05) is 29.5 Å². The first-order valence-corrected chi connectivity index (χ1v) is 11.8. The maximum atomic E-state index is 13.7. The highest BCUT2D eigenvalue weighted by Crippen LogP contribution is 2.32. The van der Waals surface area contributed by atoms with Crippen molar-refractivity contribution in [2.75, 3.05) is 18.4 Å². The molecule has 4 rings (SSSR count). The molecular formula is C20H18F2N4O3S2. The first kappa shape index (κ1) is 21.5. The van der Waals surface area contributed by atoms with Gasteiger partial charge >= 0.3 is 0 Å². The Bertz CT molecular complexity index is 1190. The summed E-state index contributed by atoms with van der Waals surface area (Å²) in [7, 11) is -3.54. The number of carbonyl (C=O) groups is 1. The van der Waals surface area contributed by atoms with Gasteiger partial charge < -0.3 is 5.32 Å². The van der Waals surface area contributed by atoms with E-state index in [-0.39, 0.29) is 21.5 Å². The second kappa shape index (κ2) is 8.77. The Balaban J connectivity index is 1.39. The van der Waals surface area contributed by atoms with Crippen molar-refractivity contribution < 1.29 is 22.0 Å². The predicted octanol–water partition coefficient (Wildman–Crippen LogP) is 3.64. The molecule has 0 saturated carbocycles. The summed E-state index contributed by atoms with van der Waals surface area (Å²) in [4.78, 5) is 12.6. The number of nitrogens with zero attached hydrogens (tertiary/aromatic N) is 3. The first-order chi connectivity index (χ1) is 14.8. The topological polar surface area (TPSA) is 92.3 Å². The lowest BCUT2D eigenvalue weighted by Crippen LogP contribution is -2.37. The molecule has 0 unspecified atom stereocenters. The minimum absolute atomic E-state index is 0.0242. The van der Waals surface area contributed by atoms with Crippen molar-refractivity contribution >= 4 is 33.0 Å². The molecule has 1 saturated heterocycles. The number of carbonyl (C=O) groups excluding carboxylic acids is 1. The summed E-state index contributed by atoms with van der Waals surface area (Å²) in [5.41, 5.74) is -0.150. The van der Waals surface area contributed by atoms with E-state index in [2.05, 4.69) is 15.5 Å². The van der Waals surface area contributed by atoms with Crippen LogP contribution in [0.4, 0.5) is 14.5 Å². The van der Waals surface area contributed by atoms with E-state index in [1.165, 1.54) is 4.31 Å². The molecule has 1 fully saturated rings. The molecule has 0 radical (unpaired) electrons. The van der Waals surface area contributed by atoms with Crippen LogP contribution in [0.15, 0.2) is 53.4 Å². The van der Waals surface area contributed by atoms with Gasteiger partial charge in [0.15, 0.2) is 0 Å². The third-order valence-corrected chi connectivity index (χ3v) is 8.00. The number of piperidine rings is 1. The van der Waals surface area contributed by atoms with Gasteiger partial charge in [-0.15, -0.1) is 10.2 Å². The molecule has 162 valence electrons. The average Bonchev–Trinajstić information content (AvgIpc) is 3.27.